The molecule has 0 aromatic heterocycles. The van der Waals surface area contributed by atoms with Crippen molar-refractivity contribution in [2.24, 2.45) is 17.8 Å². The number of carbonyl (C=O) groups is 5. The Bertz CT molecular complexity index is 1230. The molecule has 240 valence electrons. The van der Waals surface area contributed by atoms with Gasteiger partial charge in [-0.05, 0) is 36.7 Å². The zero-order valence-corrected chi connectivity index (χ0v) is 25.9. The molecule has 0 unspecified atom stereocenters. The van der Waals surface area contributed by atoms with Gasteiger partial charge in [0.05, 0.1) is 12.7 Å². The third-order valence-electron chi connectivity index (χ3n) is 9.20. The van der Waals surface area contributed by atoms with Gasteiger partial charge in [0.1, 0.15) is 23.7 Å². The number of amides is 4. The van der Waals surface area contributed by atoms with Gasteiger partial charge in [0, 0.05) is 25.8 Å². The van der Waals surface area contributed by atoms with Gasteiger partial charge < -0.3 is 30.7 Å². The number of carbonyl (C=O) groups excluding carboxylic acids is 4. The van der Waals surface area contributed by atoms with Gasteiger partial charge in [0.2, 0.25) is 23.6 Å². The Morgan fingerprint density at radius 1 is 1.09 bits per heavy atom. The van der Waals surface area contributed by atoms with Crippen molar-refractivity contribution in [3.05, 3.63) is 48.6 Å². The van der Waals surface area contributed by atoms with Crippen LogP contribution < -0.4 is 16.0 Å². The molecule has 4 N–H and O–H groups in total. The quantitative estimate of drug-likeness (QED) is 0.250. The van der Waals surface area contributed by atoms with Crippen LogP contribution in [0.2, 0.25) is 0 Å². The van der Waals surface area contributed by atoms with Gasteiger partial charge in [-0.15, -0.1) is 6.58 Å². The smallest absolute Gasteiger partial charge is 0.330 e. The molecule has 4 rings (SSSR count). The van der Waals surface area contributed by atoms with E-state index in [0.29, 0.717) is 0 Å². The minimum Gasteiger partial charge on any atom is -0.479 e. The Morgan fingerprint density at radius 2 is 1.77 bits per heavy atom. The van der Waals surface area contributed by atoms with E-state index in [1.165, 1.54) is 17.9 Å². The molecular weight excluding hydrogens is 564 g/mol. The normalized spacial score (nSPS) is 26.4. The first-order valence-corrected chi connectivity index (χ1v) is 15.7. The molecule has 0 spiro atoms. The van der Waals surface area contributed by atoms with Crippen LogP contribution in [0.1, 0.15) is 71.3 Å². The van der Waals surface area contributed by atoms with E-state index < -0.39 is 59.4 Å². The standard InChI is InChI=1S/C33H46N4O7/c1-5-24-17-33(24,32(42)43)36-29(39)26-16-25(44-19-22-12-8-6-9-13-22)18-37(26)31(41)27(20(2)3)35-30(40)28(34-21(4)38)23-14-10-7-11-15-23/h5-6,8-9,12-13,20,23-28H,1,7,10-11,14-19H2,2-4H3,(H,34,38)(H,35,40)(H,36,39)(H,42,43)/t24-,25-,26+,27+,28+,33+/m1/s1. The van der Waals surface area contributed by atoms with E-state index in [-0.39, 0.29) is 43.7 Å². The minimum atomic E-state index is -1.45. The SMILES string of the molecule is C=C[C@@H]1C[C@@]1(NC(=O)[C@@H]1C[C@@H](OCc2ccccc2)CN1C(=O)[C@@H](NC(=O)[C@@H](NC(C)=O)C1CCCCC1)C(C)C)C(=O)O. The maximum atomic E-state index is 14.2. The molecule has 1 heterocycles. The summed E-state index contributed by atoms with van der Waals surface area (Å²) in [5, 5.41) is 18.3. The summed E-state index contributed by atoms with van der Waals surface area (Å²) < 4.78 is 6.13. The predicted molar refractivity (Wildman–Crippen MR) is 163 cm³/mol. The number of benzene rings is 1. The number of hydrogen-bond acceptors (Lipinski definition) is 6. The first kappa shape index (κ1) is 33.2. The number of aliphatic carboxylic acids is 1. The van der Waals surface area contributed by atoms with E-state index in [1.807, 2.05) is 44.2 Å². The van der Waals surface area contributed by atoms with Gasteiger partial charge >= 0.3 is 5.97 Å². The molecule has 3 fully saturated rings. The molecule has 44 heavy (non-hydrogen) atoms. The van der Waals surface area contributed by atoms with Gasteiger partial charge in [-0.25, -0.2) is 4.79 Å². The monoisotopic (exact) mass is 610 g/mol. The number of nitrogens with zero attached hydrogens (tertiary/aromatic N) is 1. The number of carboxylic acid groups (broad SMARTS) is 1. The fourth-order valence-electron chi connectivity index (χ4n) is 6.54. The van der Waals surface area contributed by atoms with Gasteiger partial charge in [-0.1, -0.05) is 69.5 Å². The van der Waals surface area contributed by atoms with Crippen LogP contribution in [0.15, 0.2) is 43.0 Å². The highest BCUT2D eigenvalue weighted by Gasteiger charge is 2.61. The lowest BCUT2D eigenvalue weighted by molar-refractivity contribution is -0.146. The summed E-state index contributed by atoms with van der Waals surface area (Å²) in [6.07, 6.45) is 6.08. The van der Waals surface area contributed by atoms with Crippen LogP contribution in [0, 0.1) is 17.8 Å². The van der Waals surface area contributed by atoms with Crippen LogP contribution in [0.25, 0.3) is 0 Å². The molecule has 1 aromatic rings. The summed E-state index contributed by atoms with van der Waals surface area (Å²) in [7, 11) is 0. The van der Waals surface area contributed by atoms with Crippen molar-refractivity contribution in [3.63, 3.8) is 0 Å². The number of carboxylic acids is 1. The van der Waals surface area contributed by atoms with Crippen LogP contribution in [0.5, 0.6) is 0 Å². The Balaban J connectivity index is 1.54. The van der Waals surface area contributed by atoms with Crippen molar-refractivity contribution >= 4 is 29.6 Å². The summed E-state index contributed by atoms with van der Waals surface area (Å²) in [5.74, 6) is -3.69. The Morgan fingerprint density at radius 3 is 2.34 bits per heavy atom. The number of hydrogen-bond donors (Lipinski definition) is 4. The van der Waals surface area contributed by atoms with Gasteiger partial charge in [0.15, 0.2) is 0 Å². The number of ether oxygens (including phenoxy) is 1. The maximum absolute atomic E-state index is 14.2. The lowest BCUT2D eigenvalue weighted by atomic mass is 9.83. The van der Waals surface area contributed by atoms with Crippen LogP contribution in [0.3, 0.4) is 0 Å². The minimum absolute atomic E-state index is 0.0276. The number of rotatable bonds is 13. The molecule has 11 nitrogen and oxygen atoms in total. The second-order valence-electron chi connectivity index (χ2n) is 12.8. The zero-order chi connectivity index (χ0) is 32.0. The van der Waals surface area contributed by atoms with Crippen molar-refractivity contribution < 1.29 is 33.8 Å². The van der Waals surface area contributed by atoms with E-state index in [2.05, 4.69) is 22.5 Å². The van der Waals surface area contributed by atoms with Gasteiger partial charge in [0.25, 0.3) is 0 Å². The van der Waals surface area contributed by atoms with E-state index in [1.54, 1.807) is 0 Å². The molecule has 4 amide bonds. The van der Waals surface area contributed by atoms with Crippen LogP contribution in [0.4, 0.5) is 0 Å². The Labute approximate surface area is 259 Å². The number of nitrogens with one attached hydrogen (secondary N) is 3. The van der Waals surface area contributed by atoms with Crippen LogP contribution in [-0.2, 0) is 35.3 Å². The molecule has 1 saturated heterocycles. The van der Waals surface area contributed by atoms with Gasteiger partial charge in [-0.3, -0.25) is 19.2 Å². The molecule has 1 aromatic carbocycles. The second-order valence-corrected chi connectivity index (χ2v) is 12.8. The molecule has 2 aliphatic carbocycles. The lowest BCUT2D eigenvalue weighted by Crippen LogP contribution is -2.60. The summed E-state index contributed by atoms with van der Waals surface area (Å²) in [6, 6.07) is 6.81. The van der Waals surface area contributed by atoms with Gasteiger partial charge in [-0.2, -0.15) is 0 Å². The molecule has 6 atom stereocenters. The second kappa shape index (κ2) is 14.4. The van der Waals surface area contributed by atoms with Crippen molar-refractivity contribution in [2.45, 2.75) is 102 Å². The first-order chi connectivity index (χ1) is 21.0. The van der Waals surface area contributed by atoms with Crippen molar-refractivity contribution in [3.8, 4) is 0 Å². The molecule has 0 bridgehead atoms. The van der Waals surface area contributed by atoms with Crippen molar-refractivity contribution in [1.82, 2.24) is 20.9 Å². The number of likely N-dealkylation sites (tertiary alicyclic amines) is 1. The molecule has 2 saturated carbocycles. The molecule has 11 heteroatoms. The van der Waals surface area contributed by atoms with E-state index in [0.717, 1.165) is 37.7 Å². The highest BCUT2D eigenvalue weighted by atomic mass is 16.5. The first-order valence-electron chi connectivity index (χ1n) is 15.7. The lowest BCUT2D eigenvalue weighted by Gasteiger charge is -2.34. The summed E-state index contributed by atoms with van der Waals surface area (Å²) in [4.78, 5) is 67.0. The highest BCUT2D eigenvalue weighted by molar-refractivity contribution is 5.97. The fraction of sp³-hybridized carbons (Fsp3) is 0.606. The van der Waals surface area contributed by atoms with Crippen LogP contribution >= 0.6 is 0 Å². The van der Waals surface area contributed by atoms with E-state index in [4.69, 9.17) is 4.74 Å². The predicted octanol–water partition coefficient (Wildman–Crippen LogP) is 2.54. The highest BCUT2D eigenvalue weighted by Crippen LogP contribution is 2.45. The topological polar surface area (TPSA) is 154 Å². The molecule has 1 aliphatic heterocycles. The van der Waals surface area contributed by atoms with E-state index >= 15 is 0 Å². The Kier molecular flexibility index (Phi) is 10.8. The molecule has 3 aliphatic rings. The average Bonchev–Trinajstić information content (AvgIpc) is 3.56. The fourth-order valence-corrected chi connectivity index (χ4v) is 6.54. The summed E-state index contributed by atoms with van der Waals surface area (Å²) in [5.41, 5.74) is -0.512. The summed E-state index contributed by atoms with van der Waals surface area (Å²) in [6.45, 7) is 9.06. The van der Waals surface area contributed by atoms with Crippen molar-refractivity contribution in [2.75, 3.05) is 6.54 Å². The third-order valence-corrected chi connectivity index (χ3v) is 9.20. The van der Waals surface area contributed by atoms with Crippen molar-refractivity contribution in [1.29, 1.82) is 0 Å². The Hall–Kier alpha value is -3.73. The average molecular weight is 611 g/mol. The maximum Gasteiger partial charge on any atom is 0.330 e. The third kappa shape index (κ3) is 7.67. The zero-order valence-electron chi connectivity index (χ0n) is 25.9. The van der Waals surface area contributed by atoms with Crippen LogP contribution in [-0.4, -0.2) is 75.9 Å². The summed E-state index contributed by atoms with van der Waals surface area (Å²) >= 11 is 0. The van der Waals surface area contributed by atoms with E-state index in [9.17, 15) is 29.1 Å². The molecule has 0 radical (unpaired) electrons. The molecular formula is C33H46N4O7. The largest absolute Gasteiger partial charge is 0.479 e.